The highest BCUT2D eigenvalue weighted by Gasteiger charge is 2.20. The van der Waals surface area contributed by atoms with Crippen molar-refractivity contribution in [1.29, 1.82) is 0 Å². The zero-order valence-electron chi connectivity index (χ0n) is 12.4. The van der Waals surface area contributed by atoms with Crippen LogP contribution in [-0.2, 0) is 9.59 Å². The molecule has 21 heavy (non-hydrogen) atoms. The molecule has 116 valence electrons. The van der Waals surface area contributed by atoms with E-state index >= 15 is 0 Å². The third kappa shape index (κ3) is 4.64. The molecular formula is C14H21N3O4. The van der Waals surface area contributed by atoms with Gasteiger partial charge in [0.2, 0.25) is 11.8 Å². The fraction of sp³-hybridized carbons (Fsp3) is 0.429. The molecule has 0 bridgehead atoms. The highest BCUT2D eigenvalue weighted by molar-refractivity contribution is 5.87. The van der Waals surface area contributed by atoms with E-state index < -0.39 is 17.9 Å². The van der Waals surface area contributed by atoms with Crippen molar-refractivity contribution in [2.24, 2.45) is 11.5 Å². The van der Waals surface area contributed by atoms with Gasteiger partial charge in [-0.25, -0.2) is 0 Å². The van der Waals surface area contributed by atoms with Gasteiger partial charge in [0.25, 0.3) is 0 Å². The molecular weight excluding hydrogens is 274 g/mol. The molecule has 0 aliphatic carbocycles. The molecule has 0 spiro atoms. The van der Waals surface area contributed by atoms with Crippen molar-refractivity contribution >= 4 is 11.8 Å². The van der Waals surface area contributed by atoms with E-state index in [9.17, 15) is 9.59 Å². The minimum atomic E-state index is -0.971. The number of nitrogens with two attached hydrogens (primary N) is 2. The fourth-order valence-electron chi connectivity index (χ4n) is 1.89. The van der Waals surface area contributed by atoms with E-state index in [-0.39, 0.29) is 12.5 Å². The Hall–Kier alpha value is -2.28. The van der Waals surface area contributed by atoms with Crippen molar-refractivity contribution in [2.75, 3.05) is 14.2 Å². The summed E-state index contributed by atoms with van der Waals surface area (Å²) < 4.78 is 10.4. The van der Waals surface area contributed by atoms with E-state index in [4.69, 9.17) is 20.9 Å². The first kappa shape index (κ1) is 16.8. The smallest absolute Gasteiger partial charge is 0.237 e. The SMILES string of the molecule is COc1ccc(OC)c(C(C)NC(=O)C(N)CC(N)=O)c1. The minimum absolute atomic E-state index is 0.201. The van der Waals surface area contributed by atoms with Gasteiger partial charge in [0.1, 0.15) is 11.5 Å². The van der Waals surface area contributed by atoms with Crippen LogP contribution in [-0.4, -0.2) is 32.1 Å². The molecule has 0 aliphatic heterocycles. The van der Waals surface area contributed by atoms with E-state index in [2.05, 4.69) is 5.32 Å². The lowest BCUT2D eigenvalue weighted by Gasteiger charge is -2.20. The lowest BCUT2D eigenvalue weighted by Crippen LogP contribution is -2.43. The lowest BCUT2D eigenvalue weighted by molar-refractivity contribution is -0.126. The molecule has 5 N–H and O–H groups in total. The molecule has 1 aromatic carbocycles. The van der Waals surface area contributed by atoms with Gasteiger partial charge in [-0.1, -0.05) is 0 Å². The zero-order valence-corrected chi connectivity index (χ0v) is 12.4. The predicted molar refractivity (Wildman–Crippen MR) is 77.9 cm³/mol. The molecule has 7 heteroatoms. The number of rotatable bonds is 7. The Morgan fingerprint density at radius 1 is 1.29 bits per heavy atom. The summed E-state index contributed by atoms with van der Waals surface area (Å²) in [5.41, 5.74) is 11.4. The lowest BCUT2D eigenvalue weighted by atomic mass is 10.1. The van der Waals surface area contributed by atoms with E-state index in [0.717, 1.165) is 5.56 Å². The number of ether oxygens (including phenoxy) is 2. The molecule has 2 amide bonds. The maximum absolute atomic E-state index is 11.9. The molecule has 0 saturated carbocycles. The van der Waals surface area contributed by atoms with Gasteiger partial charge < -0.3 is 26.3 Å². The molecule has 7 nitrogen and oxygen atoms in total. The summed E-state index contributed by atoms with van der Waals surface area (Å²) in [7, 11) is 3.09. The number of primary amides is 1. The maximum atomic E-state index is 11.9. The third-order valence-corrected chi connectivity index (χ3v) is 3.02. The Labute approximate surface area is 123 Å². The van der Waals surface area contributed by atoms with Gasteiger partial charge in [-0.3, -0.25) is 9.59 Å². The number of hydrogen-bond donors (Lipinski definition) is 3. The van der Waals surface area contributed by atoms with Gasteiger partial charge in [0, 0.05) is 5.56 Å². The van der Waals surface area contributed by atoms with Gasteiger partial charge in [-0.05, 0) is 25.1 Å². The summed E-state index contributed by atoms with van der Waals surface area (Å²) in [4.78, 5) is 22.7. The van der Waals surface area contributed by atoms with Crippen LogP contribution in [0.25, 0.3) is 0 Å². The normalized spacial score (nSPS) is 13.1. The monoisotopic (exact) mass is 295 g/mol. The van der Waals surface area contributed by atoms with Crippen LogP contribution in [0.3, 0.4) is 0 Å². The van der Waals surface area contributed by atoms with E-state index in [1.165, 1.54) is 0 Å². The van der Waals surface area contributed by atoms with Crippen LogP contribution in [0.2, 0.25) is 0 Å². The second kappa shape index (κ2) is 7.49. The summed E-state index contributed by atoms with van der Waals surface area (Å²) in [5, 5.41) is 2.72. The average molecular weight is 295 g/mol. The fourth-order valence-corrected chi connectivity index (χ4v) is 1.89. The number of carbonyl (C=O) groups excluding carboxylic acids is 2. The first-order valence-corrected chi connectivity index (χ1v) is 6.45. The van der Waals surface area contributed by atoms with Gasteiger partial charge in [0.05, 0.1) is 32.7 Å². The molecule has 2 atom stereocenters. The number of amides is 2. The van der Waals surface area contributed by atoms with Crippen molar-refractivity contribution in [1.82, 2.24) is 5.32 Å². The summed E-state index contributed by atoms with van der Waals surface area (Å²) in [6.45, 7) is 1.78. The molecule has 0 saturated heterocycles. The van der Waals surface area contributed by atoms with Crippen molar-refractivity contribution in [3.05, 3.63) is 23.8 Å². The summed E-state index contributed by atoms with van der Waals surface area (Å²) in [6, 6.07) is 3.95. The number of nitrogens with one attached hydrogen (secondary N) is 1. The van der Waals surface area contributed by atoms with E-state index in [1.807, 2.05) is 0 Å². The average Bonchev–Trinajstić information content (AvgIpc) is 2.45. The number of hydrogen-bond acceptors (Lipinski definition) is 5. The minimum Gasteiger partial charge on any atom is -0.497 e. The first-order chi connectivity index (χ1) is 9.88. The predicted octanol–water partition coefficient (Wildman–Crippen LogP) is 0.0837. The van der Waals surface area contributed by atoms with Crippen molar-refractivity contribution in [3.63, 3.8) is 0 Å². The molecule has 0 radical (unpaired) electrons. The van der Waals surface area contributed by atoms with Crippen LogP contribution in [0.4, 0.5) is 0 Å². The van der Waals surface area contributed by atoms with Gasteiger partial charge in [-0.2, -0.15) is 0 Å². The second-order valence-corrected chi connectivity index (χ2v) is 4.62. The Balaban J connectivity index is 2.85. The van der Waals surface area contributed by atoms with Gasteiger partial charge in [-0.15, -0.1) is 0 Å². The highest BCUT2D eigenvalue weighted by atomic mass is 16.5. The summed E-state index contributed by atoms with van der Waals surface area (Å²) in [6.07, 6.45) is -0.201. The Kier molecular flexibility index (Phi) is 5.98. The Bertz CT molecular complexity index is 519. The Morgan fingerprint density at radius 3 is 2.48 bits per heavy atom. The van der Waals surface area contributed by atoms with Crippen LogP contribution in [0.5, 0.6) is 11.5 Å². The third-order valence-electron chi connectivity index (χ3n) is 3.02. The van der Waals surface area contributed by atoms with E-state index in [0.29, 0.717) is 11.5 Å². The quantitative estimate of drug-likeness (QED) is 0.659. The van der Waals surface area contributed by atoms with Crippen LogP contribution >= 0.6 is 0 Å². The first-order valence-electron chi connectivity index (χ1n) is 6.45. The largest absolute Gasteiger partial charge is 0.497 e. The summed E-state index contributed by atoms with van der Waals surface area (Å²) >= 11 is 0. The molecule has 0 fully saturated rings. The zero-order chi connectivity index (χ0) is 16.0. The van der Waals surface area contributed by atoms with Crippen molar-refractivity contribution in [2.45, 2.75) is 25.4 Å². The molecule has 1 rings (SSSR count). The van der Waals surface area contributed by atoms with E-state index in [1.54, 1.807) is 39.3 Å². The molecule has 1 aromatic rings. The summed E-state index contributed by atoms with van der Waals surface area (Å²) in [5.74, 6) is 0.191. The van der Waals surface area contributed by atoms with Gasteiger partial charge in [0.15, 0.2) is 0 Å². The molecule has 2 unspecified atom stereocenters. The number of methoxy groups -OCH3 is 2. The van der Waals surface area contributed by atoms with Crippen LogP contribution < -0.4 is 26.3 Å². The van der Waals surface area contributed by atoms with Crippen LogP contribution in [0, 0.1) is 0 Å². The maximum Gasteiger partial charge on any atom is 0.237 e. The molecule has 0 heterocycles. The van der Waals surface area contributed by atoms with Gasteiger partial charge >= 0.3 is 0 Å². The van der Waals surface area contributed by atoms with Crippen LogP contribution in [0.15, 0.2) is 18.2 Å². The second-order valence-electron chi connectivity index (χ2n) is 4.62. The number of carbonyl (C=O) groups is 2. The van der Waals surface area contributed by atoms with Crippen molar-refractivity contribution < 1.29 is 19.1 Å². The molecule has 0 aromatic heterocycles. The van der Waals surface area contributed by atoms with Crippen LogP contribution in [0.1, 0.15) is 24.9 Å². The Morgan fingerprint density at radius 2 is 1.95 bits per heavy atom. The topological polar surface area (TPSA) is 117 Å². The highest BCUT2D eigenvalue weighted by Crippen LogP contribution is 2.29. The molecule has 0 aliphatic rings. The van der Waals surface area contributed by atoms with Crippen molar-refractivity contribution in [3.8, 4) is 11.5 Å². The number of benzene rings is 1. The standard InChI is InChI=1S/C14H21N3O4/c1-8(17-14(19)11(15)7-13(16)18)10-6-9(20-2)4-5-12(10)21-3/h4-6,8,11H,7,15H2,1-3H3,(H2,16,18)(H,17,19).